The van der Waals surface area contributed by atoms with E-state index in [9.17, 15) is 8.78 Å². The molecule has 0 radical (unpaired) electrons. The zero-order chi connectivity index (χ0) is 25.5. The van der Waals surface area contributed by atoms with E-state index < -0.39 is 16.7 Å². The quantitative estimate of drug-likeness (QED) is 0.152. The minimum atomic E-state index is -0.810. The number of ether oxygens (including phenoxy) is 1. The first-order chi connectivity index (χ1) is 17.4. The lowest BCUT2D eigenvalue weighted by Gasteiger charge is -2.10. The Morgan fingerprint density at radius 2 is 1.53 bits per heavy atom. The van der Waals surface area contributed by atoms with Gasteiger partial charge in [-0.25, -0.2) is 23.1 Å². The van der Waals surface area contributed by atoms with E-state index in [1.165, 1.54) is 12.1 Å². The molecule has 0 unspecified atom stereocenters. The molecule has 0 aliphatic carbocycles. The lowest BCUT2D eigenvalue weighted by Crippen LogP contribution is -2.01. The summed E-state index contributed by atoms with van der Waals surface area (Å²) in [5, 5.41) is 0.793. The summed E-state index contributed by atoms with van der Waals surface area (Å²) in [7, 11) is 0. The summed E-state index contributed by atoms with van der Waals surface area (Å²) in [6.07, 6.45) is 8.73. The molecule has 0 amide bonds. The van der Waals surface area contributed by atoms with E-state index >= 15 is 4.39 Å². The summed E-state index contributed by atoms with van der Waals surface area (Å²) < 4.78 is 48.2. The fraction of sp³-hybridized carbons (Fsp3) is 0.310. The number of aromatic nitrogens is 2. The molecule has 0 spiro atoms. The largest absolute Gasteiger partial charge is 0.490 e. The number of rotatable bonds is 11. The number of benzene rings is 3. The zero-order valence-corrected chi connectivity index (χ0v) is 20.9. The van der Waals surface area contributed by atoms with Gasteiger partial charge in [-0.15, -0.1) is 0 Å². The molecule has 0 bridgehead atoms. The molecule has 1 heterocycles. The van der Waals surface area contributed by atoms with Crippen LogP contribution >= 0.6 is 11.6 Å². The maximum Gasteiger partial charge on any atom is 0.155 e. The highest BCUT2D eigenvalue weighted by atomic mass is 35.5. The van der Waals surface area contributed by atoms with Crippen molar-refractivity contribution in [1.29, 1.82) is 0 Å². The first-order valence-electron chi connectivity index (χ1n) is 12.2. The van der Waals surface area contributed by atoms with Gasteiger partial charge in [-0.05, 0) is 59.9 Å². The second-order valence-corrected chi connectivity index (χ2v) is 9.24. The van der Waals surface area contributed by atoms with E-state index in [0.29, 0.717) is 48.1 Å². The van der Waals surface area contributed by atoms with E-state index in [2.05, 4.69) is 16.9 Å². The van der Waals surface area contributed by atoms with Crippen molar-refractivity contribution in [3.63, 3.8) is 0 Å². The molecule has 0 aliphatic heterocycles. The van der Waals surface area contributed by atoms with Crippen LogP contribution in [0.1, 0.15) is 48.7 Å². The Hall–Kier alpha value is -3.12. The van der Waals surface area contributed by atoms with Crippen LogP contribution in [0.4, 0.5) is 13.2 Å². The smallest absolute Gasteiger partial charge is 0.155 e. The number of nitrogens with zero attached hydrogens (tertiary/aromatic N) is 2. The van der Waals surface area contributed by atoms with Crippen LogP contribution in [0, 0.1) is 17.5 Å². The van der Waals surface area contributed by atoms with Crippen molar-refractivity contribution in [3.05, 3.63) is 99.8 Å². The van der Waals surface area contributed by atoms with E-state index in [1.54, 1.807) is 24.5 Å². The monoisotopic (exact) mass is 512 g/mol. The molecule has 36 heavy (non-hydrogen) atoms. The van der Waals surface area contributed by atoms with Crippen LogP contribution in [0.5, 0.6) is 5.75 Å². The van der Waals surface area contributed by atoms with Gasteiger partial charge >= 0.3 is 0 Å². The van der Waals surface area contributed by atoms with E-state index in [0.717, 1.165) is 42.5 Å². The number of aryl methyl sites for hydroxylation is 4. The Balaban J connectivity index is 1.37. The molecule has 1 aromatic heterocycles. The molecular weight excluding hydrogens is 485 g/mol. The molecule has 0 atom stereocenters. The molecule has 0 saturated carbocycles. The highest BCUT2D eigenvalue weighted by molar-refractivity contribution is 6.30. The molecule has 4 rings (SSSR count). The lowest BCUT2D eigenvalue weighted by atomic mass is 9.98. The molecule has 4 aromatic rings. The van der Waals surface area contributed by atoms with E-state index in [1.807, 2.05) is 18.2 Å². The molecule has 0 N–H and O–H groups in total. The number of hydrogen-bond acceptors (Lipinski definition) is 3. The summed E-state index contributed by atoms with van der Waals surface area (Å²) in [5.74, 6) is -0.525. The SMILES string of the molecule is CCCCCOc1cnc(CCc2ccc3c(F)c(CCc4cc(F)c(Cl)c(F)c4)ccc3c2)nc1. The first kappa shape index (κ1) is 26.0. The van der Waals surface area contributed by atoms with Crippen LogP contribution in [-0.2, 0) is 25.7 Å². The van der Waals surface area contributed by atoms with Gasteiger partial charge in [0, 0.05) is 11.8 Å². The normalized spacial score (nSPS) is 11.2. The summed E-state index contributed by atoms with van der Waals surface area (Å²) in [5.41, 5.74) is 1.99. The number of fused-ring (bicyclic) bond motifs is 1. The maximum absolute atomic E-state index is 15.1. The van der Waals surface area contributed by atoms with Crippen molar-refractivity contribution in [3.8, 4) is 5.75 Å². The molecule has 188 valence electrons. The molecule has 7 heteroatoms. The molecular formula is C29H28ClF3N2O. The highest BCUT2D eigenvalue weighted by Gasteiger charge is 2.12. The Bertz CT molecular complexity index is 1310. The summed E-state index contributed by atoms with van der Waals surface area (Å²) in [6, 6.07) is 11.6. The Morgan fingerprint density at radius 3 is 2.25 bits per heavy atom. The summed E-state index contributed by atoms with van der Waals surface area (Å²) >= 11 is 5.54. The number of hydrogen-bond donors (Lipinski definition) is 0. The third-order valence-electron chi connectivity index (χ3n) is 6.16. The van der Waals surface area contributed by atoms with Gasteiger partial charge in [-0.3, -0.25) is 0 Å². The molecule has 0 fully saturated rings. The Labute approximate surface area is 214 Å². The Morgan fingerprint density at radius 1 is 0.806 bits per heavy atom. The minimum absolute atomic E-state index is 0.300. The average molecular weight is 513 g/mol. The van der Waals surface area contributed by atoms with Crippen molar-refractivity contribution in [2.75, 3.05) is 6.61 Å². The van der Waals surface area contributed by atoms with Crippen molar-refractivity contribution < 1.29 is 17.9 Å². The van der Waals surface area contributed by atoms with Gasteiger partial charge in [-0.2, -0.15) is 0 Å². The third kappa shape index (κ3) is 6.55. The van der Waals surface area contributed by atoms with Crippen molar-refractivity contribution >= 4 is 22.4 Å². The highest BCUT2D eigenvalue weighted by Crippen LogP contribution is 2.26. The standard InChI is InChI=1S/C29H28ClF3N2O/c1-2-3-4-13-36-23-17-34-27(35-18-23)12-7-19-6-11-24-22(14-19)10-9-21(29(24)33)8-5-20-15-25(31)28(30)26(32)16-20/h6,9-11,14-18H,2-5,7-8,12-13H2,1H3. The predicted molar refractivity (Wildman–Crippen MR) is 137 cm³/mol. The van der Waals surface area contributed by atoms with Gasteiger partial charge in [-0.1, -0.05) is 61.7 Å². The van der Waals surface area contributed by atoms with Crippen LogP contribution in [0.25, 0.3) is 10.8 Å². The fourth-order valence-corrected chi connectivity index (χ4v) is 4.22. The first-order valence-corrected chi connectivity index (χ1v) is 12.6. The predicted octanol–water partition coefficient (Wildman–Crippen LogP) is 7.84. The van der Waals surface area contributed by atoms with E-state index in [-0.39, 0.29) is 5.82 Å². The number of unbranched alkanes of at least 4 members (excludes halogenated alkanes) is 2. The van der Waals surface area contributed by atoms with E-state index in [4.69, 9.17) is 16.3 Å². The second-order valence-electron chi connectivity index (χ2n) is 8.86. The zero-order valence-electron chi connectivity index (χ0n) is 20.2. The van der Waals surface area contributed by atoms with Crippen molar-refractivity contribution in [2.45, 2.75) is 51.9 Å². The van der Waals surface area contributed by atoms with Crippen LogP contribution < -0.4 is 4.74 Å². The molecule has 0 saturated heterocycles. The van der Waals surface area contributed by atoms with Crippen LogP contribution in [0.15, 0.2) is 54.9 Å². The van der Waals surface area contributed by atoms with Gasteiger partial charge in [0.25, 0.3) is 0 Å². The average Bonchev–Trinajstić information content (AvgIpc) is 2.88. The molecule has 0 aliphatic rings. The second kappa shape index (κ2) is 12.2. The van der Waals surface area contributed by atoms with Crippen LogP contribution in [0.2, 0.25) is 5.02 Å². The topological polar surface area (TPSA) is 35.0 Å². The maximum atomic E-state index is 15.1. The van der Waals surface area contributed by atoms with Gasteiger partial charge in [0.1, 0.15) is 28.3 Å². The van der Waals surface area contributed by atoms with Crippen molar-refractivity contribution in [2.24, 2.45) is 0 Å². The van der Waals surface area contributed by atoms with Crippen LogP contribution in [0.3, 0.4) is 0 Å². The molecule has 3 nitrogen and oxygen atoms in total. The fourth-order valence-electron chi connectivity index (χ4n) is 4.11. The molecule has 3 aromatic carbocycles. The van der Waals surface area contributed by atoms with Crippen LogP contribution in [-0.4, -0.2) is 16.6 Å². The van der Waals surface area contributed by atoms with Gasteiger partial charge in [0.15, 0.2) is 5.75 Å². The lowest BCUT2D eigenvalue weighted by molar-refractivity contribution is 0.303. The number of halogens is 4. The third-order valence-corrected chi connectivity index (χ3v) is 6.52. The Kier molecular flexibility index (Phi) is 8.81. The van der Waals surface area contributed by atoms with Gasteiger partial charge in [0.05, 0.1) is 19.0 Å². The minimum Gasteiger partial charge on any atom is -0.490 e. The van der Waals surface area contributed by atoms with Gasteiger partial charge in [0.2, 0.25) is 0 Å². The summed E-state index contributed by atoms with van der Waals surface area (Å²) in [6.45, 7) is 2.82. The van der Waals surface area contributed by atoms with Crippen molar-refractivity contribution in [1.82, 2.24) is 9.97 Å². The van der Waals surface area contributed by atoms with Gasteiger partial charge < -0.3 is 4.74 Å². The summed E-state index contributed by atoms with van der Waals surface area (Å²) in [4.78, 5) is 8.78.